The molecule has 1 amide bonds. The summed E-state index contributed by atoms with van der Waals surface area (Å²) >= 11 is 1.59. The van der Waals surface area contributed by atoms with Crippen LogP contribution in [0.1, 0.15) is 30.1 Å². The van der Waals surface area contributed by atoms with E-state index in [1.165, 1.54) is 0 Å². The maximum Gasteiger partial charge on any atom is 0.253 e. The van der Waals surface area contributed by atoms with Crippen LogP contribution < -0.4 is 19.1 Å². The van der Waals surface area contributed by atoms with Crippen LogP contribution in [0.25, 0.3) is 10.2 Å². The molecule has 1 fully saturated rings. The fourth-order valence-corrected chi connectivity index (χ4v) is 4.85. The number of piperazine rings is 1. The average molecular weight is 456 g/mol. The second-order valence-electron chi connectivity index (χ2n) is 7.65. The summed E-state index contributed by atoms with van der Waals surface area (Å²) in [6, 6.07) is 11.2. The summed E-state index contributed by atoms with van der Waals surface area (Å²) in [5.41, 5.74) is 1.50. The van der Waals surface area contributed by atoms with E-state index < -0.39 is 0 Å². The predicted octanol–water partition coefficient (Wildman–Crippen LogP) is 4.45. The summed E-state index contributed by atoms with van der Waals surface area (Å²) in [5, 5.41) is 0.920. The van der Waals surface area contributed by atoms with Crippen molar-refractivity contribution in [2.24, 2.45) is 0 Å². The number of hydrogen-bond donors (Lipinski definition) is 0. The number of carbonyl (C=O) groups is 1. The van der Waals surface area contributed by atoms with Gasteiger partial charge in [0.2, 0.25) is 0 Å². The SMILES string of the molecule is CCCCOc1ccc(C(=O)N2CCN(c3nc4c(OC)ccc(OC)c4s3)CC2)cc1. The number of aromatic nitrogens is 1. The van der Waals surface area contributed by atoms with Crippen LogP contribution in [-0.4, -0.2) is 62.8 Å². The summed E-state index contributed by atoms with van der Waals surface area (Å²) in [5.74, 6) is 2.39. The van der Waals surface area contributed by atoms with Crippen LogP contribution in [0.3, 0.4) is 0 Å². The lowest BCUT2D eigenvalue weighted by atomic mass is 10.1. The standard InChI is InChI=1S/C24H29N3O4S/c1-4-5-16-31-18-8-6-17(7-9-18)23(28)26-12-14-27(15-13-26)24-25-21-19(29-2)10-11-20(30-3)22(21)32-24/h6-11H,4-5,12-16H2,1-3H3. The molecule has 2 heterocycles. The van der Waals surface area contributed by atoms with Crippen LogP contribution in [0.2, 0.25) is 0 Å². The molecule has 1 aliphatic rings. The molecule has 0 spiro atoms. The Labute approximate surface area is 192 Å². The van der Waals surface area contributed by atoms with E-state index in [4.69, 9.17) is 19.2 Å². The molecular formula is C24H29N3O4S. The number of methoxy groups -OCH3 is 2. The molecule has 1 aliphatic heterocycles. The molecule has 0 bridgehead atoms. The Kier molecular flexibility index (Phi) is 6.99. The molecule has 0 saturated carbocycles. The van der Waals surface area contributed by atoms with E-state index in [2.05, 4.69) is 11.8 Å². The summed E-state index contributed by atoms with van der Waals surface area (Å²) in [6.45, 7) is 5.60. The van der Waals surface area contributed by atoms with E-state index in [0.717, 1.165) is 58.5 Å². The van der Waals surface area contributed by atoms with Crippen molar-refractivity contribution in [1.82, 2.24) is 9.88 Å². The molecule has 3 aromatic rings. The number of unbranched alkanes of at least 4 members (excludes halogenated alkanes) is 1. The van der Waals surface area contributed by atoms with Crippen LogP contribution in [0, 0.1) is 0 Å². The Hall–Kier alpha value is -3.00. The van der Waals surface area contributed by atoms with Crippen molar-refractivity contribution in [2.45, 2.75) is 19.8 Å². The first-order valence-corrected chi connectivity index (χ1v) is 11.7. The van der Waals surface area contributed by atoms with Crippen LogP contribution in [0.5, 0.6) is 17.2 Å². The molecule has 170 valence electrons. The third-order valence-corrected chi connectivity index (χ3v) is 6.73. The second-order valence-corrected chi connectivity index (χ2v) is 8.63. The number of thiazole rings is 1. The Morgan fingerprint density at radius 1 is 1.00 bits per heavy atom. The minimum atomic E-state index is 0.0531. The number of fused-ring (bicyclic) bond motifs is 1. The van der Waals surface area contributed by atoms with Crippen molar-refractivity contribution in [2.75, 3.05) is 51.9 Å². The molecule has 1 saturated heterocycles. The highest BCUT2D eigenvalue weighted by atomic mass is 32.1. The Morgan fingerprint density at radius 2 is 1.69 bits per heavy atom. The first-order chi connectivity index (χ1) is 15.6. The molecule has 7 nitrogen and oxygen atoms in total. The van der Waals surface area contributed by atoms with Crippen LogP contribution >= 0.6 is 11.3 Å². The summed E-state index contributed by atoms with van der Waals surface area (Å²) in [7, 11) is 3.31. The number of carbonyl (C=O) groups excluding carboxylic acids is 1. The van der Waals surface area contributed by atoms with E-state index in [1.54, 1.807) is 25.6 Å². The average Bonchev–Trinajstić information content (AvgIpc) is 3.29. The second kappa shape index (κ2) is 10.1. The monoisotopic (exact) mass is 455 g/mol. The number of benzene rings is 2. The quantitative estimate of drug-likeness (QED) is 0.468. The van der Waals surface area contributed by atoms with Crippen LogP contribution in [0.4, 0.5) is 5.13 Å². The molecule has 0 atom stereocenters. The molecular weight excluding hydrogens is 426 g/mol. The molecule has 0 aliphatic carbocycles. The largest absolute Gasteiger partial charge is 0.495 e. The highest BCUT2D eigenvalue weighted by Gasteiger charge is 2.25. The molecule has 1 aromatic heterocycles. The lowest BCUT2D eigenvalue weighted by molar-refractivity contribution is 0.0746. The van der Waals surface area contributed by atoms with Crippen molar-refractivity contribution in [3.8, 4) is 17.2 Å². The van der Waals surface area contributed by atoms with E-state index in [1.807, 2.05) is 41.3 Å². The third kappa shape index (κ3) is 4.60. The number of anilines is 1. The van der Waals surface area contributed by atoms with Gasteiger partial charge in [-0.05, 0) is 42.8 Å². The Balaban J connectivity index is 1.40. The zero-order valence-electron chi connectivity index (χ0n) is 18.8. The predicted molar refractivity (Wildman–Crippen MR) is 128 cm³/mol. The fourth-order valence-electron chi connectivity index (χ4n) is 3.72. The van der Waals surface area contributed by atoms with Gasteiger partial charge < -0.3 is 24.0 Å². The van der Waals surface area contributed by atoms with Crippen molar-refractivity contribution >= 4 is 32.6 Å². The Morgan fingerprint density at radius 3 is 2.34 bits per heavy atom. The molecule has 0 unspecified atom stereocenters. The molecule has 32 heavy (non-hydrogen) atoms. The number of ether oxygens (including phenoxy) is 3. The molecule has 0 N–H and O–H groups in total. The topological polar surface area (TPSA) is 64.1 Å². The van der Waals surface area contributed by atoms with Crippen LogP contribution in [0.15, 0.2) is 36.4 Å². The number of nitrogens with zero attached hydrogens (tertiary/aromatic N) is 3. The van der Waals surface area contributed by atoms with Gasteiger partial charge in [0, 0.05) is 31.7 Å². The van der Waals surface area contributed by atoms with E-state index in [0.29, 0.717) is 25.3 Å². The minimum absolute atomic E-state index is 0.0531. The van der Waals surface area contributed by atoms with E-state index in [-0.39, 0.29) is 5.91 Å². The molecule has 8 heteroatoms. The van der Waals surface area contributed by atoms with Crippen molar-refractivity contribution in [1.29, 1.82) is 0 Å². The minimum Gasteiger partial charge on any atom is -0.495 e. The number of rotatable bonds is 8. The van der Waals surface area contributed by atoms with Gasteiger partial charge in [0.15, 0.2) is 5.13 Å². The zero-order chi connectivity index (χ0) is 22.5. The number of hydrogen-bond acceptors (Lipinski definition) is 7. The van der Waals surface area contributed by atoms with Gasteiger partial charge in [-0.25, -0.2) is 4.98 Å². The lowest BCUT2D eigenvalue weighted by Crippen LogP contribution is -2.48. The van der Waals surface area contributed by atoms with E-state index >= 15 is 0 Å². The maximum absolute atomic E-state index is 12.9. The van der Waals surface area contributed by atoms with Gasteiger partial charge in [-0.2, -0.15) is 0 Å². The number of amides is 1. The van der Waals surface area contributed by atoms with Gasteiger partial charge in [-0.3, -0.25) is 4.79 Å². The summed E-state index contributed by atoms with van der Waals surface area (Å²) in [4.78, 5) is 21.9. The third-order valence-electron chi connectivity index (χ3n) is 5.60. The molecule has 2 aromatic carbocycles. The van der Waals surface area contributed by atoms with Crippen molar-refractivity contribution < 1.29 is 19.0 Å². The molecule has 4 rings (SSSR count). The highest BCUT2D eigenvalue weighted by molar-refractivity contribution is 7.22. The van der Waals surface area contributed by atoms with Crippen molar-refractivity contribution in [3.05, 3.63) is 42.0 Å². The van der Waals surface area contributed by atoms with Gasteiger partial charge in [-0.1, -0.05) is 24.7 Å². The fraction of sp³-hybridized carbons (Fsp3) is 0.417. The van der Waals surface area contributed by atoms with Gasteiger partial charge in [0.25, 0.3) is 5.91 Å². The van der Waals surface area contributed by atoms with Gasteiger partial charge >= 0.3 is 0 Å². The van der Waals surface area contributed by atoms with E-state index in [9.17, 15) is 4.79 Å². The van der Waals surface area contributed by atoms with Gasteiger partial charge in [0.1, 0.15) is 27.5 Å². The summed E-state index contributed by atoms with van der Waals surface area (Å²) in [6.07, 6.45) is 2.12. The van der Waals surface area contributed by atoms with Gasteiger partial charge in [-0.15, -0.1) is 0 Å². The van der Waals surface area contributed by atoms with Gasteiger partial charge in [0.05, 0.1) is 20.8 Å². The summed E-state index contributed by atoms with van der Waals surface area (Å²) < 4.78 is 17.6. The highest BCUT2D eigenvalue weighted by Crippen LogP contribution is 2.40. The first-order valence-electron chi connectivity index (χ1n) is 10.9. The Bertz CT molecular complexity index is 1020. The smallest absolute Gasteiger partial charge is 0.253 e. The van der Waals surface area contributed by atoms with Crippen LogP contribution in [-0.2, 0) is 0 Å². The lowest BCUT2D eigenvalue weighted by Gasteiger charge is -2.34. The normalized spacial score (nSPS) is 14.0. The zero-order valence-corrected chi connectivity index (χ0v) is 19.6. The van der Waals surface area contributed by atoms with Crippen molar-refractivity contribution in [3.63, 3.8) is 0 Å². The molecule has 0 radical (unpaired) electrons. The first kappa shape index (κ1) is 22.2. The maximum atomic E-state index is 12.9.